The standard InChI is InChI=1S/C15H22N2/c1-13(14-8-5-4-6-9-14)17-11-7-10-15(2,3)12-16/h4-6,8-9,13,17H,7,10-11H2,1-3H3/t13-/m0/s1. The topological polar surface area (TPSA) is 35.8 Å². The van der Waals surface area contributed by atoms with E-state index in [2.05, 4.69) is 42.6 Å². The summed E-state index contributed by atoms with van der Waals surface area (Å²) in [7, 11) is 0. The maximum Gasteiger partial charge on any atom is 0.0683 e. The van der Waals surface area contributed by atoms with Crippen LogP contribution in [-0.4, -0.2) is 6.54 Å². The summed E-state index contributed by atoms with van der Waals surface area (Å²) in [5.74, 6) is 0. The molecule has 92 valence electrons. The van der Waals surface area contributed by atoms with E-state index in [4.69, 9.17) is 5.26 Å². The Balaban J connectivity index is 2.26. The summed E-state index contributed by atoms with van der Waals surface area (Å²) < 4.78 is 0. The van der Waals surface area contributed by atoms with Crippen molar-refractivity contribution in [3.63, 3.8) is 0 Å². The molecule has 0 aromatic heterocycles. The van der Waals surface area contributed by atoms with E-state index in [0.29, 0.717) is 6.04 Å². The van der Waals surface area contributed by atoms with Crippen LogP contribution in [0.5, 0.6) is 0 Å². The third kappa shape index (κ3) is 5.01. The van der Waals surface area contributed by atoms with Gasteiger partial charge in [0.1, 0.15) is 0 Å². The minimum absolute atomic E-state index is 0.197. The van der Waals surface area contributed by atoms with E-state index >= 15 is 0 Å². The largest absolute Gasteiger partial charge is 0.310 e. The van der Waals surface area contributed by atoms with Crippen molar-refractivity contribution in [2.24, 2.45) is 5.41 Å². The lowest BCUT2D eigenvalue weighted by atomic mass is 9.90. The molecule has 0 unspecified atom stereocenters. The lowest BCUT2D eigenvalue weighted by Crippen LogP contribution is -2.21. The summed E-state index contributed by atoms with van der Waals surface area (Å²) in [5.41, 5.74) is 1.12. The van der Waals surface area contributed by atoms with Gasteiger partial charge in [-0.15, -0.1) is 0 Å². The van der Waals surface area contributed by atoms with Gasteiger partial charge in [-0.2, -0.15) is 5.26 Å². The second kappa shape index (κ2) is 6.42. The third-order valence-electron chi connectivity index (χ3n) is 3.03. The quantitative estimate of drug-likeness (QED) is 0.757. The van der Waals surface area contributed by atoms with Crippen molar-refractivity contribution in [1.82, 2.24) is 5.32 Å². The Kier molecular flexibility index (Phi) is 5.18. The zero-order chi connectivity index (χ0) is 12.7. The van der Waals surface area contributed by atoms with E-state index in [-0.39, 0.29) is 5.41 Å². The van der Waals surface area contributed by atoms with Crippen molar-refractivity contribution in [3.05, 3.63) is 35.9 Å². The molecule has 0 radical (unpaired) electrons. The van der Waals surface area contributed by atoms with Crippen molar-refractivity contribution < 1.29 is 0 Å². The monoisotopic (exact) mass is 230 g/mol. The Morgan fingerprint density at radius 1 is 1.29 bits per heavy atom. The van der Waals surface area contributed by atoms with Crippen LogP contribution in [0.1, 0.15) is 45.2 Å². The summed E-state index contributed by atoms with van der Waals surface area (Å²) >= 11 is 0. The highest BCUT2D eigenvalue weighted by atomic mass is 14.9. The predicted molar refractivity (Wildman–Crippen MR) is 71.5 cm³/mol. The molecular formula is C15H22N2. The van der Waals surface area contributed by atoms with E-state index in [1.807, 2.05) is 19.9 Å². The highest BCUT2D eigenvalue weighted by molar-refractivity contribution is 5.17. The zero-order valence-corrected chi connectivity index (χ0v) is 11.0. The summed E-state index contributed by atoms with van der Waals surface area (Å²) in [6, 6.07) is 13.1. The maximum absolute atomic E-state index is 8.91. The molecule has 0 saturated carbocycles. The van der Waals surface area contributed by atoms with Gasteiger partial charge in [0, 0.05) is 6.04 Å². The highest BCUT2D eigenvalue weighted by Gasteiger charge is 2.15. The Bertz CT molecular complexity index is 362. The molecule has 0 aliphatic carbocycles. The fourth-order valence-electron chi connectivity index (χ4n) is 1.76. The van der Waals surface area contributed by atoms with E-state index in [1.54, 1.807) is 0 Å². The van der Waals surface area contributed by atoms with E-state index in [1.165, 1.54) is 5.56 Å². The van der Waals surface area contributed by atoms with Crippen molar-refractivity contribution in [1.29, 1.82) is 5.26 Å². The average Bonchev–Trinajstić information content (AvgIpc) is 2.35. The number of nitrogens with one attached hydrogen (secondary N) is 1. The molecule has 0 saturated heterocycles. The van der Waals surface area contributed by atoms with Gasteiger partial charge >= 0.3 is 0 Å². The molecule has 17 heavy (non-hydrogen) atoms. The normalized spacial score (nSPS) is 13.1. The first-order valence-electron chi connectivity index (χ1n) is 6.25. The van der Waals surface area contributed by atoms with Crippen molar-refractivity contribution in [2.75, 3.05) is 6.54 Å². The van der Waals surface area contributed by atoms with Crippen LogP contribution in [0.2, 0.25) is 0 Å². The number of nitriles is 1. The van der Waals surface area contributed by atoms with Gasteiger partial charge in [-0.25, -0.2) is 0 Å². The highest BCUT2D eigenvalue weighted by Crippen LogP contribution is 2.20. The zero-order valence-electron chi connectivity index (χ0n) is 11.0. The molecule has 2 nitrogen and oxygen atoms in total. The molecule has 0 fully saturated rings. The molecule has 1 N–H and O–H groups in total. The smallest absolute Gasteiger partial charge is 0.0683 e. The first kappa shape index (κ1) is 13.7. The molecule has 0 amide bonds. The van der Waals surface area contributed by atoms with Gasteiger partial charge in [0.15, 0.2) is 0 Å². The van der Waals surface area contributed by atoms with Crippen LogP contribution in [0.25, 0.3) is 0 Å². The van der Waals surface area contributed by atoms with Crippen LogP contribution in [0.3, 0.4) is 0 Å². The van der Waals surface area contributed by atoms with E-state index in [0.717, 1.165) is 19.4 Å². The third-order valence-corrected chi connectivity index (χ3v) is 3.03. The molecule has 1 aromatic rings. The number of nitrogens with zero attached hydrogens (tertiary/aromatic N) is 1. The maximum atomic E-state index is 8.91. The van der Waals surface area contributed by atoms with Gasteiger partial charge in [-0.3, -0.25) is 0 Å². The average molecular weight is 230 g/mol. The van der Waals surface area contributed by atoms with Crippen LogP contribution in [0.4, 0.5) is 0 Å². The Morgan fingerprint density at radius 3 is 2.53 bits per heavy atom. The first-order valence-corrected chi connectivity index (χ1v) is 6.25. The molecule has 0 aliphatic heterocycles. The molecule has 1 atom stereocenters. The van der Waals surface area contributed by atoms with Crippen LogP contribution >= 0.6 is 0 Å². The summed E-state index contributed by atoms with van der Waals surface area (Å²) in [6.07, 6.45) is 1.98. The van der Waals surface area contributed by atoms with Crippen molar-refractivity contribution >= 4 is 0 Å². The van der Waals surface area contributed by atoms with Crippen molar-refractivity contribution in [3.8, 4) is 6.07 Å². The van der Waals surface area contributed by atoms with Crippen LogP contribution in [0, 0.1) is 16.7 Å². The van der Waals surface area contributed by atoms with Gasteiger partial charge in [-0.05, 0) is 45.7 Å². The molecule has 0 bridgehead atoms. The van der Waals surface area contributed by atoms with Gasteiger partial charge in [-0.1, -0.05) is 30.3 Å². The van der Waals surface area contributed by atoms with Crippen molar-refractivity contribution in [2.45, 2.75) is 39.7 Å². The van der Waals surface area contributed by atoms with Gasteiger partial charge in [0.2, 0.25) is 0 Å². The summed E-state index contributed by atoms with van der Waals surface area (Å²) in [4.78, 5) is 0. The van der Waals surface area contributed by atoms with Gasteiger partial charge in [0.05, 0.1) is 11.5 Å². The number of hydrogen-bond acceptors (Lipinski definition) is 2. The Labute approximate surface area is 105 Å². The lowest BCUT2D eigenvalue weighted by Gasteiger charge is -2.17. The second-order valence-electron chi connectivity index (χ2n) is 5.19. The number of hydrogen-bond donors (Lipinski definition) is 1. The molecule has 2 heteroatoms. The molecule has 0 spiro atoms. The summed E-state index contributed by atoms with van der Waals surface area (Å²) in [5, 5.41) is 12.4. The number of rotatable bonds is 6. The SMILES string of the molecule is C[C@H](NCCCC(C)(C)C#N)c1ccccc1. The fraction of sp³-hybridized carbons (Fsp3) is 0.533. The van der Waals surface area contributed by atoms with Crippen LogP contribution in [-0.2, 0) is 0 Å². The molecule has 0 aliphatic rings. The lowest BCUT2D eigenvalue weighted by molar-refractivity contribution is 0.417. The van der Waals surface area contributed by atoms with Gasteiger partial charge in [0.25, 0.3) is 0 Å². The fourth-order valence-corrected chi connectivity index (χ4v) is 1.76. The molecule has 1 rings (SSSR count). The predicted octanol–water partition coefficient (Wildman–Crippen LogP) is 3.67. The molecule has 1 aromatic carbocycles. The first-order chi connectivity index (χ1) is 8.05. The van der Waals surface area contributed by atoms with E-state index in [9.17, 15) is 0 Å². The minimum atomic E-state index is -0.197. The Morgan fingerprint density at radius 2 is 1.94 bits per heavy atom. The summed E-state index contributed by atoms with van der Waals surface area (Å²) in [6.45, 7) is 7.12. The second-order valence-corrected chi connectivity index (χ2v) is 5.19. The Hall–Kier alpha value is -1.33. The number of benzene rings is 1. The van der Waals surface area contributed by atoms with Crippen LogP contribution < -0.4 is 5.32 Å². The molecule has 0 heterocycles. The molecular weight excluding hydrogens is 208 g/mol. The van der Waals surface area contributed by atoms with E-state index < -0.39 is 0 Å². The van der Waals surface area contributed by atoms with Gasteiger partial charge < -0.3 is 5.32 Å². The minimum Gasteiger partial charge on any atom is -0.310 e. The van der Waals surface area contributed by atoms with Crippen LogP contribution in [0.15, 0.2) is 30.3 Å².